The fourth-order valence-electron chi connectivity index (χ4n) is 5.41. The van der Waals surface area contributed by atoms with E-state index >= 15 is 0 Å². The number of rotatable bonds is 3. The van der Waals surface area contributed by atoms with Gasteiger partial charge in [0.15, 0.2) is 11.2 Å². The molecule has 0 bridgehead atoms. The first-order valence-electron chi connectivity index (χ1n) is 12.6. The van der Waals surface area contributed by atoms with Crippen molar-refractivity contribution < 1.29 is 8.83 Å². The number of aryl methyl sites for hydroxylation is 3. The molecule has 36 heavy (non-hydrogen) atoms. The van der Waals surface area contributed by atoms with Crippen molar-refractivity contribution in [2.45, 2.75) is 48.0 Å². The Morgan fingerprint density at radius 3 is 2.22 bits per heavy atom. The van der Waals surface area contributed by atoms with Crippen LogP contribution in [0, 0.1) is 26.2 Å². The van der Waals surface area contributed by atoms with Gasteiger partial charge in [0.2, 0.25) is 0 Å². The molecule has 180 valence electrons. The SMILES string of the molecule is Cc1cc(C)cc(-c2nccc3cc(-c4oc5c(oc6cc(CC(C)(C)C)ccc65)c4C)ccc23)c1. The first-order chi connectivity index (χ1) is 17.2. The Morgan fingerprint density at radius 1 is 0.722 bits per heavy atom. The third-order valence-electron chi connectivity index (χ3n) is 6.85. The Kier molecular flexibility index (Phi) is 5.08. The molecule has 0 N–H and O–H groups in total. The highest BCUT2D eigenvalue weighted by Crippen LogP contribution is 2.40. The number of hydrogen-bond acceptors (Lipinski definition) is 3. The van der Waals surface area contributed by atoms with E-state index in [1.165, 1.54) is 16.7 Å². The van der Waals surface area contributed by atoms with Gasteiger partial charge in [-0.2, -0.15) is 0 Å². The van der Waals surface area contributed by atoms with Gasteiger partial charge in [-0.25, -0.2) is 0 Å². The van der Waals surface area contributed by atoms with E-state index < -0.39 is 0 Å². The van der Waals surface area contributed by atoms with Crippen molar-refractivity contribution in [1.29, 1.82) is 0 Å². The fourth-order valence-corrected chi connectivity index (χ4v) is 5.41. The van der Waals surface area contributed by atoms with Crippen LogP contribution >= 0.6 is 0 Å². The van der Waals surface area contributed by atoms with E-state index in [4.69, 9.17) is 13.8 Å². The molecule has 0 spiro atoms. The van der Waals surface area contributed by atoms with E-state index in [2.05, 4.69) is 102 Å². The van der Waals surface area contributed by atoms with Gasteiger partial charge in [0.25, 0.3) is 0 Å². The topological polar surface area (TPSA) is 39.2 Å². The van der Waals surface area contributed by atoms with Crippen LogP contribution in [0.15, 0.2) is 75.7 Å². The van der Waals surface area contributed by atoms with E-state index in [0.717, 1.165) is 67.5 Å². The molecule has 0 saturated heterocycles. The van der Waals surface area contributed by atoms with Crippen molar-refractivity contribution in [1.82, 2.24) is 4.98 Å². The van der Waals surface area contributed by atoms with Crippen LogP contribution in [0.5, 0.6) is 0 Å². The van der Waals surface area contributed by atoms with E-state index in [9.17, 15) is 0 Å². The summed E-state index contributed by atoms with van der Waals surface area (Å²) in [5.41, 5.74) is 10.8. The van der Waals surface area contributed by atoms with Crippen molar-refractivity contribution in [2.24, 2.45) is 5.41 Å². The second-order valence-electron chi connectivity index (χ2n) is 11.4. The van der Waals surface area contributed by atoms with Crippen LogP contribution in [0.25, 0.3) is 55.5 Å². The van der Waals surface area contributed by atoms with Crippen LogP contribution < -0.4 is 0 Å². The van der Waals surface area contributed by atoms with Crippen molar-refractivity contribution in [2.75, 3.05) is 0 Å². The minimum Gasteiger partial charge on any atom is -0.452 e. The number of hydrogen-bond donors (Lipinski definition) is 0. The lowest BCUT2D eigenvalue weighted by Gasteiger charge is -2.17. The second-order valence-corrected chi connectivity index (χ2v) is 11.4. The average Bonchev–Trinajstić information content (AvgIpc) is 3.32. The molecular formula is C33H31NO2. The molecule has 6 aromatic rings. The van der Waals surface area contributed by atoms with E-state index in [-0.39, 0.29) is 5.41 Å². The number of fused-ring (bicyclic) bond motifs is 4. The predicted octanol–water partition coefficient (Wildman–Crippen LogP) is 9.58. The molecule has 0 aliphatic heterocycles. The Bertz CT molecular complexity index is 1760. The number of furan rings is 2. The Labute approximate surface area is 211 Å². The van der Waals surface area contributed by atoms with E-state index in [1.54, 1.807) is 0 Å². The van der Waals surface area contributed by atoms with Gasteiger partial charge in [-0.1, -0.05) is 56.2 Å². The highest BCUT2D eigenvalue weighted by atomic mass is 16.4. The zero-order valence-corrected chi connectivity index (χ0v) is 21.8. The quantitative estimate of drug-likeness (QED) is 0.257. The number of pyridine rings is 1. The van der Waals surface area contributed by atoms with Gasteiger partial charge in [0, 0.05) is 28.3 Å². The highest BCUT2D eigenvalue weighted by molar-refractivity contribution is 6.05. The van der Waals surface area contributed by atoms with Crippen molar-refractivity contribution in [3.05, 3.63) is 89.1 Å². The number of benzene rings is 3. The van der Waals surface area contributed by atoms with Gasteiger partial charge in [-0.15, -0.1) is 0 Å². The highest BCUT2D eigenvalue weighted by Gasteiger charge is 2.21. The normalized spacial score (nSPS) is 12.3. The Balaban J connectivity index is 1.44. The molecular weight excluding hydrogens is 442 g/mol. The van der Waals surface area contributed by atoms with Gasteiger partial charge in [-0.05, 0) is 80.0 Å². The molecule has 0 radical (unpaired) electrons. The number of nitrogens with zero attached hydrogens (tertiary/aromatic N) is 1. The first kappa shape index (κ1) is 22.6. The minimum absolute atomic E-state index is 0.228. The molecule has 0 amide bonds. The molecule has 3 heterocycles. The van der Waals surface area contributed by atoms with Gasteiger partial charge in [0.05, 0.1) is 11.1 Å². The lowest BCUT2D eigenvalue weighted by atomic mass is 9.88. The van der Waals surface area contributed by atoms with Crippen molar-refractivity contribution in [3.63, 3.8) is 0 Å². The minimum atomic E-state index is 0.228. The summed E-state index contributed by atoms with van der Waals surface area (Å²) in [7, 11) is 0. The third kappa shape index (κ3) is 3.89. The summed E-state index contributed by atoms with van der Waals surface area (Å²) >= 11 is 0. The van der Waals surface area contributed by atoms with Crippen LogP contribution in [0.1, 0.15) is 43.0 Å². The zero-order chi connectivity index (χ0) is 25.2. The summed E-state index contributed by atoms with van der Waals surface area (Å²) < 4.78 is 12.8. The molecule has 6 rings (SSSR count). The molecule has 0 aliphatic rings. The second kappa shape index (κ2) is 8.09. The molecule has 3 aromatic heterocycles. The maximum absolute atomic E-state index is 6.46. The summed E-state index contributed by atoms with van der Waals surface area (Å²) in [6.07, 6.45) is 2.90. The van der Waals surface area contributed by atoms with Crippen LogP contribution in [-0.4, -0.2) is 4.98 Å². The van der Waals surface area contributed by atoms with Gasteiger partial charge < -0.3 is 8.83 Å². The molecule has 0 unspecified atom stereocenters. The molecule has 3 nitrogen and oxygen atoms in total. The van der Waals surface area contributed by atoms with Gasteiger partial charge >= 0.3 is 0 Å². The lowest BCUT2D eigenvalue weighted by molar-refractivity contribution is 0.411. The largest absolute Gasteiger partial charge is 0.452 e. The summed E-state index contributed by atoms with van der Waals surface area (Å²) in [6, 6.07) is 21.6. The summed E-state index contributed by atoms with van der Waals surface area (Å²) in [5, 5.41) is 3.30. The molecule has 0 aliphatic carbocycles. The van der Waals surface area contributed by atoms with Crippen LogP contribution in [0.4, 0.5) is 0 Å². The third-order valence-corrected chi connectivity index (χ3v) is 6.85. The van der Waals surface area contributed by atoms with Crippen molar-refractivity contribution in [3.8, 4) is 22.6 Å². The smallest absolute Gasteiger partial charge is 0.181 e. The van der Waals surface area contributed by atoms with Crippen LogP contribution in [-0.2, 0) is 6.42 Å². The lowest BCUT2D eigenvalue weighted by Crippen LogP contribution is -2.08. The maximum Gasteiger partial charge on any atom is 0.181 e. The fraction of sp³-hybridized carbons (Fsp3) is 0.242. The molecule has 0 atom stereocenters. The first-order valence-corrected chi connectivity index (χ1v) is 12.6. The predicted molar refractivity (Wildman–Crippen MR) is 150 cm³/mol. The van der Waals surface area contributed by atoms with Crippen LogP contribution in [0.2, 0.25) is 0 Å². The molecule has 0 fully saturated rings. The van der Waals surface area contributed by atoms with Crippen molar-refractivity contribution >= 4 is 32.9 Å². The monoisotopic (exact) mass is 473 g/mol. The van der Waals surface area contributed by atoms with Gasteiger partial charge in [-0.3, -0.25) is 4.98 Å². The summed E-state index contributed by atoms with van der Waals surface area (Å²) in [4.78, 5) is 4.73. The molecule has 3 heteroatoms. The molecule has 3 aromatic carbocycles. The van der Waals surface area contributed by atoms with Gasteiger partial charge in [0.1, 0.15) is 11.3 Å². The summed E-state index contributed by atoms with van der Waals surface area (Å²) in [5.74, 6) is 0.857. The Morgan fingerprint density at radius 2 is 1.47 bits per heavy atom. The zero-order valence-electron chi connectivity index (χ0n) is 21.8. The van der Waals surface area contributed by atoms with E-state index in [0.29, 0.717) is 0 Å². The maximum atomic E-state index is 6.46. The summed E-state index contributed by atoms with van der Waals surface area (Å²) in [6.45, 7) is 13.1. The molecule has 0 saturated carbocycles. The Hall–Kier alpha value is -3.85. The number of aromatic nitrogens is 1. The average molecular weight is 474 g/mol. The standard InChI is InChI=1S/C33H31NO2/c1-19-13-20(2)15-25(14-19)29-26-10-8-24(17-23(26)11-12-34-29)30-21(3)31-32(36-30)27-9-7-22(16-28(27)35-31)18-33(4,5)6/h7-17H,18H2,1-6H3. The van der Waals surface area contributed by atoms with E-state index in [1.807, 2.05) is 6.20 Å². The van der Waals surface area contributed by atoms with Crippen LogP contribution in [0.3, 0.4) is 0 Å².